The van der Waals surface area contributed by atoms with Crippen LogP contribution in [0.25, 0.3) is 0 Å². The molecule has 0 saturated heterocycles. The summed E-state index contributed by atoms with van der Waals surface area (Å²) in [6, 6.07) is 3.38. The van der Waals surface area contributed by atoms with Crippen LogP contribution in [-0.4, -0.2) is 17.6 Å². The van der Waals surface area contributed by atoms with Crippen LogP contribution in [0.2, 0.25) is 0 Å². The summed E-state index contributed by atoms with van der Waals surface area (Å²) in [4.78, 5) is 11.5. The number of aliphatic hydroxyl groups excluding tert-OH is 1. The van der Waals surface area contributed by atoms with Crippen LogP contribution in [0.5, 0.6) is 0 Å². The van der Waals surface area contributed by atoms with Gasteiger partial charge in [-0.3, -0.25) is 4.79 Å². The SMILES string of the molecule is CC1CC1C(=O)NCC(O)c1c(F)cccc1F. The van der Waals surface area contributed by atoms with Gasteiger partial charge in [0, 0.05) is 12.5 Å². The second kappa shape index (κ2) is 5.02. The highest BCUT2D eigenvalue weighted by molar-refractivity contribution is 5.81. The van der Waals surface area contributed by atoms with E-state index in [0.717, 1.165) is 18.6 Å². The van der Waals surface area contributed by atoms with Crippen LogP contribution in [0.4, 0.5) is 8.78 Å². The Morgan fingerprint density at radius 2 is 2.06 bits per heavy atom. The first-order valence-electron chi connectivity index (χ1n) is 5.90. The second-order valence-corrected chi connectivity index (χ2v) is 4.72. The van der Waals surface area contributed by atoms with Crippen molar-refractivity contribution in [2.45, 2.75) is 19.4 Å². The molecule has 1 fully saturated rings. The maximum Gasteiger partial charge on any atom is 0.223 e. The van der Waals surface area contributed by atoms with E-state index in [0.29, 0.717) is 5.92 Å². The molecule has 98 valence electrons. The minimum atomic E-state index is -1.37. The third-order valence-electron chi connectivity index (χ3n) is 3.25. The molecule has 2 N–H and O–H groups in total. The smallest absolute Gasteiger partial charge is 0.223 e. The molecule has 3 unspecified atom stereocenters. The number of hydrogen-bond donors (Lipinski definition) is 2. The van der Waals surface area contributed by atoms with E-state index in [2.05, 4.69) is 5.32 Å². The second-order valence-electron chi connectivity index (χ2n) is 4.72. The Balaban J connectivity index is 1.95. The van der Waals surface area contributed by atoms with Crippen molar-refractivity contribution in [1.29, 1.82) is 0 Å². The van der Waals surface area contributed by atoms with Gasteiger partial charge >= 0.3 is 0 Å². The zero-order valence-corrected chi connectivity index (χ0v) is 9.99. The number of hydrogen-bond acceptors (Lipinski definition) is 2. The molecule has 18 heavy (non-hydrogen) atoms. The molecular formula is C13H15F2NO2. The van der Waals surface area contributed by atoms with E-state index >= 15 is 0 Å². The molecule has 1 amide bonds. The number of aliphatic hydroxyl groups is 1. The molecule has 3 nitrogen and oxygen atoms in total. The van der Waals surface area contributed by atoms with E-state index in [1.54, 1.807) is 0 Å². The van der Waals surface area contributed by atoms with Gasteiger partial charge in [-0.05, 0) is 24.5 Å². The lowest BCUT2D eigenvalue weighted by molar-refractivity contribution is -0.123. The highest BCUT2D eigenvalue weighted by Crippen LogP contribution is 2.37. The van der Waals surface area contributed by atoms with Crippen LogP contribution in [0.15, 0.2) is 18.2 Å². The van der Waals surface area contributed by atoms with Crippen molar-refractivity contribution in [2.75, 3.05) is 6.54 Å². The minimum Gasteiger partial charge on any atom is -0.386 e. The molecule has 1 aromatic rings. The molecule has 0 bridgehead atoms. The van der Waals surface area contributed by atoms with Crippen molar-refractivity contribution in [3.8, 4) is 0 Å². The number of rotatable bonds is 4. The average Bonchev–Trinajstić information content (AvgIpc) is 3.03. The summed E-state index contributed by atoms with van der Waals surface area (Å²) in [5, 5.41) is 12.2. The minimum absolute atomic E-state index is 0.0253. The Labute approximate surface area is 104 Å². The lowest BCUT2D eigenvalue weighted by atomic mass is 10.1. The maximum atomic E-state index is 13.3. The first-order chi connectivity index (χ1) is 8.50. The number of nitrogens with one attached hydrogen (secondary N) is 1. The van der Waals surface area contributed by atoms with Crippen molar-refractivity contribution in [3.05, 3.63) is 35.4 Å². The van der Waals surface area contributed by atoms with Gasteiger partial charge in [0.05, 0.1) is 5.56 Å². The Bertz CT molecular complexity index is 444. The summed E-state index contributed by atoms with van der Waals surface area (Å²) in [5.41, 5.74) is -0.401. The fourth-order valence-electron chi connectivity index (χ4n) is 1.95. The topological polar surface area (TPSA) is 49.3 Å². The maximum absolute atomic E-state index is 13.3. The van der Waals surface area contributed by atoms with Crippen molar-refractivity contribution >= 4 is 5.91 Å². The van der Waals surface area contributed by atoms with Gasteiger partial charge in [-0.1, -0.05) is 13.0 Å². The predicted molar refractivity (Wildman–Crippen MR) is 61.6 cm³/mol. The Morgan fingerprint density at radius 3 is 2.56 bits per heavy atom. The summed E-state index contributed by atoms with van der Waals surface area (Å²) in [5.74, 6) is -1.46. The fraction of sp³-hybridized carbons (Fsp3) is 0.462. The standard InChI is InChI=1S/C13H15F2NO2/c1-7-5-8(7)13(18)16-6-11(17)12-9(14)3-2-4-10(12)15/h2-4,7-8,11,17H,5-6H2,1H3,(H,16,18). The van der Waals surface area contributed by atoms with Gasteiger partial charge in [0.15, 0.2) is 0 Å². The molecule has 1 saturated carbocycles. The van der Waals surface area contributed by atoms with Gasteiger partial charge in [0.25, 0.3) is 0 Å². The van der Waals surface area contributed by atoms with Crippen LogP contribution < -0.4 is 5.32 Å². The van der Waals surface area contributed by atoms with Crippen molar-refractivity contribution in [2.24, 2.45) is 11.8 Å². The normalized spacial score (nSPS) is 23.6. The van der Waals surface area contributed by atoms with E-state index in [1.165, 1.54) is 6.07 Å². The van der Waals surface area contributed by atoms with Crippen LogP contribution in [0, 0.1) is 23.5 Å². The first kappa shape index (κ1) is 13.0. The fourth-order valence-corrected chi connectivity index (χ4v) is 1.95. The van der Waals surface area contributed by atoms with Gasteiger partial charge in [-0.2, -0.15) is 0 Å². The van der Waals surface area contributed by atoms with E-state index in [-0.39, 0.29) is 18.4 Å². The van der Waals surface area contributed by atoms with Crippen LogP contribution in [-0.2, 0) is 4.79 Å². The molecule has 0 radical (unpaired) electrons. The lowest BCUT2D eigenvalue weighted by Crippen LogP contribution is -2.30. The number of amides is 1. The molecule has 3 atom stereocenters. The monoisotopic (exact) mass is 255 g/mol. The van der Waals surface area contributed by atoms with Gasteiger partial charge in [0.1, 0.15) is 17.7 Å². The molecule has 2 rings (SSSR count). The summed E-state index contributed by atoms with van der Waals surface area (Å²) in [6.45, 7) is 1.77. The molecule has 1 aromatic carbocycles. The Morgan fingerprint density at radius 1 is 1.50 bits per heavy atom. The van der Waals surface area contributed by atoms with E-state index in [9.17, 15) is 18.7 Å². The number of halogens is 2. The van der Waals surface area contributed by atoms with E-state index < -0.39 is 23.3 Å². The summed E-state index contributed by atoms with van der Waals surface area (Å²) in [7, 11) is 0. The van der Waals surface area contributed by atoms with Crippen LogP contribution >= 0.6 is 0 Å². The first-order valence-corrected chi connectivity index (χ1v) is 5.90. The number of benzene rings is 1. The average molecular weight is 255 g/mol. The zero-order valence-electron chi connectivity index (χ0n) is 9.99. The van der Waals surface area contributed by atoms with Gasteiger partial charge < -0.3 is 10.4 Å². The van der Waals surface area contributed by atoms with Crippen LogP contribution in [0.1, 0.15) is 25.0 Å². The van der Waals surface area contributed by atoms with E-state index in [1.807, 2.05) is 6.92 Å². The molecule has 1 aliphatic carbocycles. The summed E-state index contributed by atoms with van der Waals surface area (Å²) < 4.78 is 26.7. The molecular weight excluding hydrogens is 240 g/mol. The van der Waals surface area contributed by atoms with Crippen molar-refractivity contribution in [3.63, 3.8) is 0 Å². The van der Waals surface area contributed by atoms with E-state index in [4.69, 9.17) is 0 Å². The highest BCUT2D eigenvalue weighted by atomic mass is 19.1. The Kier molecular flexibility index (Phi) is 3.61. The van der Waals surface area contributed by atoms with Crippen LogP contribution in [0.3, 0.4) is 0 Å². The third-order valence-corrected chi connectivity index (χ3v) is 3.25. The zero-order chi connectivity index (χ0) is 13.3. The highest BCUT2D eigenvalue weighted by Gasteiger charge is 2.39. The molecule has 5 heteroatoms. The Hall–Kier alpha value is -1.49. The van der Waals surface area contributed by atoms with Gasteiger partial charge in [-0.25, -0.2) is 8.78 Å². The third kappa shape index (κ3) is 2.67. The molecule has 0 spiro atoms. The number of carbonyl (C=O) groups excluding carboxylic acids is 1. The summed E-state index contributed by atoms with van der Waals surface area (Å²) >= 11 is 0. The van der Waals surface area contributed by atoms with Gasteiger partial charge in [-0.15, -0.1) is 0 Å². The molecule has 1 aliphatic rings. The predicted octanol–water partition coefficient (Wildman–Crippen LogP) is 1.77. The molecule has 0 aromatic heterocycles. The lowest BCUT2D eigenvalue weighted by Gasteiger charge is -2.13. The van der Waals surface area contributed by atoms with Crippen molar-refractivity contribution in [1.82, 2.24) is 5.32 Å². The molecule has 0 heterocycles. The molecule has 0 aliphatic heterocycles. The van der Waals surface area contributed by atoms with Gasteiger partial charge in [0.2, 0.25) is 5.91 Å². The van der Waals surface area contributed by atoms with Crippen molar-refractivity contribution < 1.29 is 18.7 Å². The largest absolute Gasteiger partial charge is 0.386 e. The quantitative estimate of drug-likeness (QED) is 0.861. The summed E-state index contributed by atoms with van der Waals surface area (Å²) in [6.07, 6.45) is -0.542. The number of carbonyl (C=O) groups is 1.